The molecule has 0 atom stereocenters. The van der Waals surface area contributed by atoms with Crippen molar-refractivity contribution >= 4 is 21.6 Å². The van der Waals surface area contributed by atoms with E-state index in [0.717, 1.165) is 12.1 Å². The average molecular weight is 286 g/mol. The molecule has 15 heavy (non-hydrogen) atoms. The Morgan fingerprint density at radius 1 is 1.47 bits per heavy atom. The van der Waals surface area contributed by atoms with Crippen LogP contribution in [-0.4, -0.2) is 11.5 Å². The van der Waals surface area contributed by atoms with Crippen LogP contribution in [0.1, 0.15) is 0 Å². The van der Waals surface area contributed by atoms with Gasteiger partial charge in [0.15, 0.2) is 0 Å². The first-order valence-corrected chi connectivity index (χ1v) is 4.30. The summed E-state index contributed by atoms with van der Waals surface area (Å²) in [5, 5.41) is 10.4. The molecule has 0 amide bonds. The standard InChI is InChI=1S/C7H3BrF3NO3/c8-3-1-2-4(15-7(10)11)6(5(3)9)12(13)14/h1-2,7H. The number of ether oxygens (including phenoxy) is 1. The quantitative estimate of drug-likeness (QED) is 0.633. The fourth-order valence-corrected chi connectivity index (χ4v) is 1.20. The SMILES string of the molecule is O=[N+]([O-])c1c(OC(F)F)ccc(Br)c1F. The summed E-state index contributed by atoms with van der Waals surface area (Å²) < 4.78 is 40.4. The molecule has 1 aromatic carbocycles. The summed E-state index contributed by atoms with van der Waals surface area (Å²) in [4.78, 5) is 9.27. The van der Waals surface area contributed by atoms with Crippen LogP contribution in [0.25, 0.3) is 0 Å². The number of benzene rings is 1. The molecule has 0 spiro atoms. The molecule has 0 radical (unpaired) electrons. The number of hydrogen-bond acceptors (Lipinski definition) is 3. The number of nitro groups is 1. The first-order valence-electron chi connectivity index (χ1n) is 3.50. The minimum atomic E-state index is -3.25. The lowest BCUT2D eigenvalue weighted by Crippen LogP contribution is -2.05. The molecule has 0 unspecified atom stereocenters. The van der Waals surface area contributed by atoms with E-state index in [9.17, 15) is 23.3 Å². The minimum Gasteiger partial charge on any atom is -0.427 e. The van der Waals surface area contributed by atoms with Crippen LogP contribution in [0, 0.1) is 15.9 Å². The van der Waals surface area contributed by atoms with Crippen molar-refractivity contribution in [3.63, 3.8) is 0 Å². The largest absolute Gasteiger partial charge is 0.427 e. The van der Waals surface area contributed by atoms with Crippen LogP contribution in [0.3, 0.4) is 0 Å². The first kappa shape index (κ1) is 11.8. The van der Waals surface area contributed by atoms with Gasteiger partial charge in [0.05, 0.1) is 9.40 Å². The summed E-state index contributed by atoms with van der Waals surface area (Å²) >= 11 is 2.69. The number of rotatable bonds is 3. The van der Waals surface area contributed by atoms with E-state index in [-0.39, 0.29) is 4.47 Å². The van der Waals surface area contributed by atoms with Gasteiger partial charge in [0.25, 0.3) is 0 Å². The van der Waals surface area contributed by atoms with E-state index < -0.39 is 28.8 Å². The Balaban J connectivity index is 3.27. The topological polar surface area (TPSA) is 52.4 Å². The highest BCUT2D eigenvalue weighted by Crippen LogP contribution is 2.35. The number of nitro benzene ring substituents is 1. The summed E-state index contributed by atoms with van der Waals surface area (Å²) in [7, 11) is 0. The third-order valence-corrected chi connectivity index (χ3v) is 2.04. The Labute approximate surface area is 89.9 Å². The van der Waals surface area contributed by atoms with Crippen LogP contribution < -0.4 is 4.74 Å². The van der Waals surface area contributed by atoms with Crippen LogP contribution in [0.5, 0.6) is 5.75 Å². The van der Waals surface area contributed by atoms with Crippen molar-refractivity contribution in [1.82, 2.24) is 0 Å². The fourth-order valence-electron chi connectivity index (χ4n) is 0.883. The van der Waals surface area contributed by atoms with Gasteiger partial charge in [0, 0.05) is 0 Å². The first-order chi connectivity index (χ1) is 6.93. The second-order valence-electron chi connectivity index (χ2n) is 2.34. The Bertz CT molecular complexity index is 399. The molecule has 0 bridgehead atoms. The van der Waals surface area contributed by atoms with Crippen molar-refractivity contribution in [2.24, 2.45) is 0 Å². The summed E-state index contributed by atoms with van der Waals surface area (Å²) in [5.41, 5.74) is -1.12. The number of alkyl halides is 2. The summed E-state index contributed by atoms with van der Waals surface area (Å²) in [6.07, 6.45) is 0. The second-order valence-corrected chi connectivity index (χ2v) is 3.20. The predicted molar refractivity (Wildman–Crippen MR) is 47.4 cm³/mol. The molecule has 8 heteroatoms. The molecule has 0 N–H and O–H groups in total. The smallest absolute Gasteiger partial charge is 0.387 e. The zero-order valence-corrected chi connectivity index (χ0v) is 8.50. The molecule has 0 aromatic heterocycles. The molecule has 0 fully saturated rings. The molecule has 1 rings (SSSR count). The Kier molecular flexibility index (Phi) is 3.51. The molecule has 0 aliphatic rings. The third-order valence-electron chi connectivity index (χ3n) is 1.43. The van der Waals surface area contributed by atoms with E-state index in [1.165, 1.54) is 0 Å². The fraction of sp³-hybridized carbons (Fsp3) is 0.143. The monoisotopic (exact) mass is 285 g/mol. The van der Waals surface area contributed by atoms with Gasteiger partial charge in [-0.15, -0.1) is 0 Å². The van der Waals surface area contributed by atoms with Gasteiger partial charge in [-0.25, -0.2) is 0 Å². The van der Waals surface area contributed by atoms with Crippen LogP contribution in [0.15, 0.2) is 16.6 Å². The van der Waals surface area contributed by atoms with E-state index in [2.05, 4.69) is 20.7 Å². The van der Waals surface area contributed by atoms with Crippen LogP contribution in [0.2, 0.25) is 0 Å². The average Bonchev–Trinajstić information content (AvgIpc) is 2.10. The summed E-state index contributed by atoms with van der Waals surface area (Å²) in [6, 6.07) is 1.93. The lowest BCUT2D eigenvalue weighted by Gasteiger charge is -2.05. The van der Waals surface area contributed by atoms with E-state index in [4.69, 9.17) is 0 Å². The van der Waals surface area contributed by atoms with Gasteiger partial charge in [0.2, 0.25) is 11.6 Å². The maximum atomic E-state index is 13.1. The highest BCUT2D eigenvalue weighted by molar-refractivity contribution is 9.10. The van der Waals surface area contributed by atoms with Gasteiger partial charge >= 0.3 is 12.3 Å². The number of hydrogen-bond donors (Lipinski definition) is 0. The maximum absolute atomic E-state index is 13.1. The number of halogens is 4. The highest BCUT2D eigenvalue weighted by atomic mass is 79.9. The van der Waals surface area contributed by atoms with Gasteiger partial charge in [-0.05, 0) is 28.1 Å². The van der Waals surface area contributed by atoms with Gasteiger partial charge in [-0.1, -0.05) is 0 Å². The van der Waals surface area contributed by atoms with Crippen molar-refractivity contribution in [2.75, 3.05) is 0 Å². The van der Waals surface area contributed by atoms with Crippen LogP contribution in [-0.2, 0) is 0 Å². The highest BCUT2D eigenvalue weighted by Gasteiger charge is 2.25. The van der Waals surface area contributed by atoms with Gasteiger partial charge in [0.1, 0.15) is 0 Å². The molecule has 0 aliphatic carbocycles. The van der Waals surface area contributed by atoms with Crippen molar-refractivity contribution in [2.45, 2.75) is 6.61 Å². The molecule has 0 saturated carbocycles. The second kappa shape index (κ2) is 4.47. The van der Waals surface area contributed by atoms with Crippen molar-refractivity contribution in [3.8, 4) is 5.75 Å². The van der Waals surface area contributed by atoms with Crippen molar-refractivity contribution in [1.29, 1.82) is 0 Å². The normalized spacial score (nSPS) is 10.5. The zero-order valence-electron chi connectivity index (χ0n) is 6.92. The van der Waals surface area contributed by atoms with E-state index >= 15 is 0 Å². The number of nitrogens with zero attached hydrogens (tertiary/aromatic N) is 1. The lowest BCUT2D eigenvalue weighted by molar-refractivity contribution is -0.389. The van der Waals surface area contributed by atoms with Crippen LogP contribution in [0.4, 0.5) is 18.9 Å². The Hall–Kier alpha value is -1.31. The molecule has 0 heterocycles. The molecule has 82 valence electrons. The van der Waals surface area contributed by atoms with Crippen LogP contribution >= 0.6 is 15.9 Å². The lowest BCUT2D eigenvalue weighted by atomic mass is 10.3. The van der Waals surface area contributed by atoms with Crippen molar-refractivity contribution in [3.05, 3.63) is 32.5 Å². The summed E-state index contributed by atoms with van der Waals surface area (Å²) in [5.74, 6) is -2.06. The Morgan fingerprint density at radius 2 is 2.07 bits per heavy atom. The Morgan fingerprint density at radius 3 is 2.53 bits per heavy atom. The molecular weight excluding hydrogens is 283 g/mol. The molecular formula is C7H3BrF3NO3. The van der Waals surface area contributed by atoms with E-state index in [1.54, 1.807) is 0 Å². The minimum absolute atomic E-state index is 0.198. The summed E-state index contributed by atoms with van der Waals surface area (Å²) in [6.45, 7) is -3.25. The molecule has 0 aliphatic heterocycles. The maximum Gasteiger partial charge on any atom is 0.387 e. The van der Waals surface area contributed by atoms with Gasteiger partial charge < -0.3 is 4.74 Å². The van der Waals surface area contributed by atoms with E-state index in [1.807, 2.05) is 0 Å². The van der Waals surface area contributed by atoms with Gasteiger partial charge in [-0.3, -0.25) is 10.1 Å². The molecule has 0 saturated heterocycles. The molecule has 1 aromatic rings. The third kappa shape index (κ3) is 2.58. The predicted octanol–water partition coefficient (Wildman–Crippen LogP) is 3.10. The zero-order chi connectivity index (χ0) is 11.6. The van der Waals surface area contributed by atoms with Crippen molar-refractivity contribution < 1.29 is 22.8 Å². The molecule has 4 nitrogen and oxygen atoms in total. The van der Waals surface area contributed by atoms with E-state index in [0.29, 0.717) is 0 Å². The van der Waals surface area contributed by atoms with Gasteiger partial charge in [-0.2, -0.15) is 13.2 Å².